The number of sulfone groups is 1. The zero-order valence-corrected chi connectivity index (χ0v) is 11.8. The van der Waals surface area contributed by atoms with E-state index in [2.05, 4.69) is 0 Å². The lowest BCUT2D eigenvalue weighted by atomic mass is 10.1. The molecule has 2 N–H and O–H groups in total. The minimum atomic E-state index is -3.42. The van der Waals surface area contributed by atoms with E-state index in [1.165, 1.54) is 11.3 Å². The lowest BCUT2D eigenvalue weighted by Gasteiger charge is -2.15. The van der Waals surface area contributed by atoms with E-state index in [0.717, 1.165) is 0 Å². The molecule has 0 aliphatic carbocycles. The summed E-state index contributed by atoms with van der Waals surface area (Å²) in [6.07, 6.45) is 0. The molecule has 6 heteroatoms. The molecule has 0 spiro atoms. The van der Waals surface area contributed by atoms with Gasteiger partial charge in [0, 0.05) is 11.6 Å². The molecule has 0 amide bonds. The van der Waals surface area contributed by atoms with E-state index in [1.54, 1.807) is 41.8 Å². The largest absolute Gasteiger partial charge is 0.329 e. The van der Waals surface area contributed by atoms with E-state index in [4.69, 9.17) is 17.3 Å². The van der Waals surface area contributed by atoms with Crippen molar-refractivity contribution in [3.8, 4) is 0 Å². The summed E-state index contributed by atoms with van der Waals surface area (Å²) in [7, 11) is -3.42. The summed E-state index contributed by atoms with van der Waals surface area (Å²) in [6.45, 7) is 0.0435. The Kier molecular flexibility index (Phi) is 4.07. The summed E-state index contributed by atoms with van der Waals surface area (Å²) in [5.74, 6) is 0. The molecule has 2 aromatic rings. The molecule has 1 aromatic heterocycles. The van der Waals surface area contributed by atoms with E-state index >= 15 is 0 Å². The summed E-state index contributed by atoms with van der Waals surface area (Å²) in [5.41, 5.74) is 6.29. The predicted molar refractivity (Wildman–Crippen MR) is 74.8 cm³/mol. The van der Waals surface area contributed by atoms with Gasteiger partial charge in [-0.1, -0.05) is 29.8 Å². The Morgan fingerprint density at radius 1 is 1.22 bits per heavy atom. The first-order valence-corrected chi connectivity index (χ1v) is 8.09. The van der Waals surface area contributed by atoms with Crippen molar-refractivity contribution in [1.29, 1.82) is 0 Å². The highest BCUT2D eigenvalue weighted by Crippen LogP contribution is 2.31. The molecule has 1 aromatic carbocycles. The molecule has 0 bridgehead atoms. The molecule has 18 heavy (non-hydrogen) atoms. The number of hydrogen-bond donors (Lipinski definition) is 1. The summed E-state index contributed by atoms with van der Waals surface area (Å²) in [5, 5.41) is 1.58. The van der Waals surface area contributed by atoms with Crippen LogP contribution >= 0.6 is 22.9 Å². The van der Waals surface area contributed by atoms with Crippen LogP contribution in [0.2, 0.25) is 5.02 Å². The lowest BCUT2D eigenvalue weighted by Crippen LogP contribution is -2.21. The van der Waals surface area contributed by atoms with E-state index < -0.39 is 15.1 Å². The van der Waals surface area contributed by atoms with Gasteiger partial charge >= 0.3 is 0 Å². The number of hydrogen-bond acceptors (Lipinski definition) is 4. The van der Waals surface area contributed by atoms with Crippen LogP contribution in [-0.4, -0.2) is 15.0 Å². The van der Waals surface area contributed by atoms with Crippen molar-refractivity contribution in [1.82, 2.24) is 0 Å². The standard InChI is InChI=1S/C12H12ClNO2S2/c13-10-5-3-9(4-6-10)11(8-14)18(15,16)12-2-1-7-17-12/h1-7,11H,8,14H2. The van der Waals surface area contributed by atoms with Crippen LogP contribution in [-0.2, 0) is 9.84 Å². The van der Waals surface area contributed by atoms with Crippen molar-refractivity contribution in [3.05, 3.63) is 52.4 Å². The first-order valence-electron chi connectivity index (χ1n) is 5.28. The Hall–Kier alpha value is -0.880. The van der Waals surface area contributed by atoms with E-state index in [-0.39, 0.29) is 6.54 Å². The Morgan fingerprint density at radius 2 is 1.89 bits per heavy atom. The average Bonchev–Trinajstić information content (AvgIpc) is 2.86. The van der Waals surface area contributed by atoms with Crippen molar-refractivity contribution in [3.63, 3.8) is 0 Å². The highest BCUT2D eigenvalue weighted by molar-refractivity contribution is 7.93. The predicted octanol–water partition coefficient (Wildman–Crippen LogP) is 2.88. The van der Waals surface area contributed by atoms with Crippen molar-refractivity contribution >= 4 is 32.8 Å². The number of thiophene rings is 1. The lowest BCUT2D eigenvalue weighted by molar-refractivity contribution is 0.584. The fourth-order valence-corrected chi connectivity index (χ4v) is 4.63. The van der Waals surface area contributed by atoms with Gasteiger partial charge in [-0.2, -0.15) is 0 Å². The topological polar surface area (TPSA) is 60.2 Å². The van der Waals surface area contributed by atoms with Crippen LogP contribution in [0.1, 0.15) is 10.8 Å². The minimum absolute atomic E-state index is 0.0435. The Morgan fingerprint density at radius 3 is 2.39 bits per heavy atom. The Labute approximate surface area is 115 Å². The molecular formula is C12H12ClNO2S2. The van der Waals surface area contributed by atoms with Crippen LogP contribution in [0.25, 0.3) is 0 Å². The maximum atomic E-state index is 12.4. The molecule has 1 heterocycles. The Balaban J connectivity index is 2.43. The van der Waals surface area contributed by atoms with Gasteiger partial charge in [-0.15, -0.1) is 11.3 Å². The van der Waals surface area contributed by atoms with E-state index in [1.807, 2.05) is 0 Å². The third-order valence-electron chi connectivity index (χ3n) is 2.61. The molecule has 0 radical (unpaired) electrons. The van der Waals surface area contributed by atoms with Crippen molar-refractivity contribution in [2.75, 3.05) is 6.54 Å². The van der Waals surface area contributed by atoms with Gasteiger partial charge < -0.3 is 5.73 Å². The number of rotatable bonds is 4. The number of nitrogens with two attached hydrogens (primary N) is 1. The molecular weight excluding hydrogens is 290 g/mol. The van der Waals surface area contributed by atoms with Gasteiger partial charge in [0.2, 0.25) is 0 Å². The molecule has 0 aliphatic rings. The third-order valence-corrected chi connectivity index (χ3v) is 6.42. The molecule has 0 saturated carbocycles. The SMILES string of the molecule is NCC(c1ccc(Cl)cc1)S(=O)(=O)c1cccs1. The first kappa shape index (κ1) is 13.5. The zero-order valence-electron chi connectivity index (χ0n) is 9.41. The molecule has 0 aliphatic heterocycles. The van der Waals surface area contributed by atoms with Crippen LogP contribution in [0, 0.1) is 0 Å². The maximum Gasteiger partial charge on any atom is 0.195 e. The van der Waals surface area contributed by atoms with Crippen molar-refractivity contribution in [2.24, 2.45) is 5.73 Å². The third kappa shape index (κ3) is 2.59. The second-order valence-corrected chi connectivity index (χ2v) is 7.49. The van der Waals surface area contributed by atoms with Crippen LogP contribution in [0.5, 0.6) is 0 Å². The Bertz CT molecular complexity index is 606. The van der Waals surface area contributed by atoms with E-state index in [0.29, 0.717) is 14.8 Å². The second kappa shape index (κ2) is 5.40. The van der Waals surface area contributed by atoms with Crippen LogP contribution in [0.4, 0.5) is 0 Å². The van der Waals surface area contributed by atoms with Crippen LogP contribution < -0.4 is 5.73 Å². The van der Waals surface area contributed by atoms with Gasteiger partial charge in [0.15, 0.2) is 9.84 Å². The highest BCUT2D eigenvalue weighted by atomic mass is 35.5. The fraction of sp³-hybridized carbons (Fsp3) is 0.167. The van der Waals surface area contributed by atoms with Gasteiger partial charge in [0.05, 0.1) is 0 Å². The van der Waals surface area contributed by atoms with Crippen LogP contribution in [0.3, 0.4) is 0 Å². The smallest absolute Gasteiger partial charge is 0.195 e. The zero-order chi connectivity index (χ0) is 13.2. The summed E-state index contributed by atoms with van der Waals surface area (Å²) >= 11 is 7.00. The van der Waals surface area contributed by atoms with Crippen molar-refractivity contribution < 1.29 is 8.42 Å². The quantitative estimate of drug-likeness (QED) is 0.944. The van der Waals surface area contributed by atoms with Crippen LogP contribution in [0.15, 0.2) is 46.0 Å². The van der Waals surface area contributed by atoms with Crippen molar-refractivity contribution in [2.45, 2.75) is 9.46 Å². The summed E-state index contributed by atoms with van der Waals surface area (Å²) in [4.78, 5) is 0. The molecule has 1 unspecified atom stereocenters. The summed E-state index contributed by atoms with van der Waals surface area (Å²) < 4.78 is 25.2. The molecule has 0 saturated heterocycles. The molecule has 1 atom stereocenters. The molecule has 2 rings (SSSR count). The second-order valence-electron chi connectivity index (χ2n) is 3.75. The molecule has 3 nitrogen and oxygen atoms in total. The van der Waals surface area contributed by atoms with Gasteiger partial charge in [-0.05, 0) is 29.1 Å². The van der Waals surface area contributed by atoms with Gasteiger partial charge in [0.1, 0.15) is 9.46 Å². The van der Waals surface area contributed by atoms with Gasteiger partial charge in [-0.3, -0.25) is 0 Å². The number of halogens is 1. The fourth-order valence-electron chi connectivity index (χ4n) is 1.68. The van der Waals surface area contributed by atoms with E-state index in [9.17, 15) is 8.42 Å². The molecule has 96 valence electrons. The number of benzene rings is 1. The maximum absolute atomic E-state index is 12.4. The first-order chi connectivity index (χ1) is 8.55. The minimum Gasteiger partial charge on any atom is -0.329 e. The highest BCUT2D eigenvalue weighted by Gasteiger charge is 2.28. The monoisotopic (exact) mass is 301 g/mol. The molecule has 0 fully saturated rings. The normalized spacial score (nSPS) is 13.4. The van der Waals surface area contributed by atoms with Gasteiger partial charge in [-0.25, -0.2) is 8.42 Å². The summed E-state index contributed by atoms with van der Waals surface area (Å²) in [6, 6.07) is 10.1. The average molecular weight is 302 g/mol. The van der Waals surface area contributed by atoms with Gasteiger partial charge in [0.25, 0.3) is 0 Å².